The number of anilines is 2. The summed E-state index contributed by atoms with van der Waals surface area (Å²) in [6, 6.07) is 75.1. The highest BCUT2D eigenvalue weighted by atomic mass is 32.1. The zero-order valence-corrected chi connectivity index (χ0v) is 37.7. The van der Waals surface area contributed by atoms with Crippen LogP contribution in [0.15, 0.2) is 231 Å². The molecule has 0 N–H and O–H groups in total. The van der Waals surface area contributed by atoms with Crippen LogP contribution in [0.25, 0.3) is 70.4 Å². The Hall–Kier alpha value is -7.78. The number of allylic oxidation sites excluding steroid dienone is 4. The van der Waals surface area contributed by atoms with E-state index in [2.05, 4.69) is 238 Å². The van der Waals surface area contributed by atoms with Crippen LogP contribution in [0, 0.1) is 0 Å². The third kappa shape index (κ3) is 5.34. The maximum Gasteiger partial charge on any atom is 0.0732 e. The molecule has 66 heavy (non-hydrogen) atoms. The molecule has 312 valence electrons. The number of hydrogen-bond donors (Lipinski definition) is 0. The fraction of sp³-hybridized carbons (Fsp3) is 0.0625. The lowest BCUT2D eigenvalue weighted by Crippen LogP contribution is -2.26. The Kier molecular flexibility index (Phi) is 8.56. The quantitative estimate of drug-likeness (QED) is 0.144. The van der Waals surface area contributed by atoms with Crippen LogP contribution in [0.4, 0.5) is 11.4 Å². The molecule has 1 unspecified atom stereocenters. The second-order valence-electron chi connectivity index (χ2n) is 18.4. The zero-order valence-electron chi connectivity index (χ0n) is 36.9. The van der Waals surface area contributed by atoms with Crippen molar-refractivity contribution < 1.29 is 0 Å². The van der Waals surface area contributed by atoms with Gasteiger partial charge in [0.15, 0.2) is 0 Å². The van der Waals surface area contributed by atoms with Gasteiger partial charge in [0.25, 0.3) is 0 Å². The fourth-order valence-corrected chi connectivity index (χ4v) is 13.1. The van der Waals surface area contributed by atoms with Gasteiger partial charge in [-0.25, -0.2) is 0 Å². The first-order valence-corrected chi connectivity index (χ1v) is 23.8. The summed E-state index contributed by atoms with van der Waals surface area (Å²) in [5, 5.41) is 2.66. The molecule has 3 aliphatic rings. The van der Waals surface area contributed by atoms with Gasteiger partial charge in [0.2, 0.25) is 0 Å². The Bertz CT molecular complexity index is 3690. The second kappa shape index (κ2) is 14.6. The van der Waals surface area contributed by atoms with E-state index < -0.39 is 5.41 Å². The molecule has 2 heteroatoms. The van der Waals surface area contributed by atoms with Crippen LogP contribution in [0.5, 0.6) is 0 Å². The van der Waals surface area contributed by atoms with Crippen molar-refractivity contribution in [2.45, 2.75) is 24.7 Å². The topological polar surface area (TPSA) is 3.24 Å². The van der Waals surface area contributed by atoms with Gasteiger partial charge in [0.05, 0.1) is 11.1 Å². The molecule has 3 aliphatic carbocycles. The summed E-state index contributed by atoms with van der Waals surface area (Å²) >= 11 is 1.93. The molecule has 0 fully saturated rings. The average molecular weight is 860 g/mol. The van der Waals surface area contributed by atoms with Gasteiger partial charge in [0, 0.05) is 42.5 Å². The summed E-state index contributed by atoms with van der Waals surface area (Å²) < 4.78 is 2.70. The Morgan fingerprint density at radius 3 is 1.89 bits per heavy atom. The summed E-state index contributed by atoms with van der Waals surface area (Å²) in [4.78, 5) is 2.43. The third-order valence-corrected chi connectivity index (χ3v) is 15.9. The standard InChI is InChI=1S/C64H45NS/c1-4-5-7-30-58(42-19-8-6-9-20-42)65(44-36-37-48-46-21-10-14-27-53(46)63(2,3)57(48)40-44)43-34-32-41(33-35-43)45-25-18-26-50-47-22-11-15-28-54(47)64(61(45)50)55-29-16-12-24-52(55)60-56(64)39-38-51-49-23-13-17-31-59(49)66-62(51)60/h4-40H,1H2,2-3H3/b7-5-,58-30+. The lowest BCUT2D eigenvalue weighted by atomic mass is 9.68. The van der Waals surface area contributed by atoms with E-state index in [1.807, 2.05) is 23.5 Å². The van der Waals surface area contributed by atoms with E-state index in [0.717, 1.165) is 22.6 Å². The first-order valence-electron chi connectivity index (χ1n) is 23.0. The normalized spacial score (nSPS) is 16.0. The maximum absolute atomic E-state index is 3.99. The molecule has 1 nitrogen and oxygen atoms in total. The van der Waals surface area contributed by atoms with Crippen LogP contribution in [-0.2, 0) is 10.8 Å². The van der Waals surface area contributed by atoms with Crippen LogP contribution in [0.3, 0.4) is 0 Å². The third-order valence-electron chi connectivity index (χ3n) is 14.7. The van der Waals surface area contributed by atoms with Crippen molar-refractivity contribution in [1.82, 2.24) is 0 Å². The fourth-order valence-electron chi connectivity index (χ4n) is 11.9. The van der Waals surface area contributed by atoms with Crippen molar-refractivity contribution in [2.75, 3.05) is 4.90 Å². The van der Waals surface area contributed by atoms with Crippen molar-refractivity contribution in [3.05, 3.63) is 270 Å². The van der Waals surface area contributed by atoms with Crippen molar-refractivity contribution in [1.29, 1.82) is 0 Å². The molecule has 10 aromatic rings. The molecule has 1 atom stereocenters. The van der Waals surface area contributed by atoms with Crippen LogP contribution < -0.4 is 4.90 Å². The monoisotopic (exact) mass is 859 g/mol. The number of benzene rings is 9. The molecule has 0 saturated heterocycles. The van der Waals surface area contributed by atoms with E-state index in [9.17, 15) is 0 Å². The van der Waals surface area contributed by atoms with Gasteiger partial charge < -0.3 is 4.90 Å². The minimum absolute atomic E-state index is 0.141. The summed E-state index contributed by atoms with van der Waals surface area (Å²) in [7, 11) is 0. The smallest absolute Gasteiger partial charge is 0.0732 e. The Morgan fingerprint density at radius 2 is 1.11 bits per heavy atom. The van der Waals surface area contributed by atoms with E-state index in [1.165, 1.54) is 98.1 Å². The molecule has 0 aliphatic heterocycles. The van der Waals surface area contributed by atoms with Crippen LogP contribution >= 0.6 is 11.3 Å². The van der Waals surface area contributed by atoms with Gasteiger partial charge in [-0.15, -0.1) is 11.3 Å². The lowest BCUT2D eigenvalue weighted by Gasteiger charge is -2.32. The molecule has 1 heterocycles. The second-order valence-corrected chi connectivity index (χ2v) is 19.4. The van der Waals surface area contributed by atoms with Crippen molar-refractivity contribution in [2.24, 2.45) is 0 Å². The van der Waals surface area contributed by atoms with Gasteiger partial charge in [-0.2, -0.15) is 0 Å². The number of rotatable bonds is 7. The Labute approximate surface area is 390 Å². The van der Waals surface area contributed by atoms with Gasteiger partial charge in [-0.1, -0.05) is 209 Å². The summed E-state index contributed by atoms with van der Waals surface area (Å²) in [6.45, 7) is 8.70. The van der Waals surface area contributed by atoms with Crippen LogP contribution in [0.2, 0.25) is 0 Å². The SMILES string of the molecule is C=C/C=C\C=C(/c1ccccc1)N(c1ccc(-c2cccc3c2C2(c4ccccc4-3)c3ccccc3-c3c2ccc2c3sc3ccccc32)cc1)c1ccc2c(c1)C(C)(C)c1ccccc1-2. The minimum Gasteiger partial charge on any atom is -0.310 e. The highest BCUT2D eigenvalue weighted by Gasteiger charge is 2.53. The number of thiophene rings is 1. The predicted molar refractivity (Wildman–Crippen MR) is 281 cm³/mol. The molecular weight excluding hydrogens is 815 g/mol. The van der Waals surface area contributed by atoms with Crippen molar-refractivity contribution in [3.63, 3.8) is 0 Å². The van der Waals surface area contributed by atoms with Crippen molar-refractivity contribution in [3.8, 4) is 44.5 Å². The van der Waals surface area contributed by atoms with Crippen LogP contribution in [-0.4, -0.2) is 0 Å². The van der Waals surface area contributed by atoms with E-state index in [-0.39, 0.29) is 5.41 Å². The lowest BCUT2D eigenvalue weighted by molar-refractivity contribution is 0.660. The first-order chi connectivity index (χ1) is 32.5. The summed E-state index contributed by atoms with van der Waals surface area (Å²) in [6.07, 6.45) is 8.15. The summed E-state index contributed by atoms with van der Waals surface area (Å²) in [5.74, 6) is 0. The zero-order chi connectivity index (χ0) is 44.1. The molecule has 0 saturated carbocycles. The molecule has 1 aromatic heterocycles. The molecule has 13 rings (SSSR count). The first kappa shape index (κ1) is 38.7. The number of hydrogen-bond acceptors (Lipinski definition) is 2. The molecule has 1 spiro atoms. The van der Waals surface area contributed by atoms with Crippen LogP contribution in [0.1, 0.15) is 52.8 Å². The van der Waals surface area contributed by atoms with Gasteiger partial charge in [-0.3, -0.25) is 0 Å². The number of fused-ring (bicyclic) bond motifs is 17. The molecule has 0 amide bonds. The van der Waals surface area contributed by atoms with Gasteiger partial charge >= 0.3 is 0 Å². The van der Waals surface area contributed by atoms with Gasteiger partial charge in [-0.05, 0) is 114 Å². The van der Waals surface area contributed by atoms with E-state index >= 15 is 0 Å². The molecule has 0 radical (unpaired) electrons. The largest absolute Gasteiger partial charge is 0.310 e. The average Bonchev–Trinajstić information content (AvgIpc) is 4.06. The van der Waals surface area contributed by atoms with E-state index in [4.69, 9.17) is 0 Å². The highest BCUT2D eigenvalue weighted by Crippen LogP contribution is 2.66. The molecular formula is C64H45NS. The Morgan fingerprint density at radius 1 is 0.485 bits per heavy atom. The van der Waals surface area contributed by atoms with E-state index in [0.29, 0.717) is 0 Å². The molecule has 9 aromatic carbocycles. The Balaban J connectivity index is 1.02. The predicted octanol–water partition coefficient (Wildman–Crippen LogP) is 17.3. The number of nitrogens with zero attached hydrogens (tertiary/aromatic N) is 1. The van der Waals surface area contributed by atoms with E-state index in [1.54, 1.807) is 0 Å². The molecule has 0 bridgehead atoms. The minimum atomic E-state index is -0.487. The summed E-state index contributed by atoms with van der Waals surface area (Å²) in [5.41, 5.74) is 22.3. The maximum atomic E-state index is 3.99. The van der Waals surface area contributed by atoms with Crippen molar-refractivity contribution >= 4 is 48.6 Å². The highest BCUT2D eigenvalue weighted by molar-refractivity contribution is 7.26. The van der Waals surface area contributed by atoms with Gasteiger partial charge in [0.1, 0.15) is 0 Å².